The molecule has 1 fully saturated rings. The van der Waals surface area contributed by atoms with Crippen LogP contribution in [-0.4, -0.2) is 29.5 Å². The Morgan fingerprint density at radius 3 is 2.58 bits per heavy atom. The summed E-state index contributed by atoms with van der Waals surface area (Å²) in [6.45, 7) is 3.48. The van der Waals surface area contributed by atoms with Gasteiger partial charge in [0.25, 0.3) is 0 Å². The van der Waals surface area contributed by atoms with E-state index < -0.39 is 11.9 Å². The predicted molar refractivity (Wildman–Crippen MR) is 77.6 cm³/mol. The lowest BCUT2D eigenvalue weighted by molar-refractivity contribution is -0.138. The lowest BCUT2D eigenvalue weighted by Gasteiger charge is -2.21. The van der Waals surface area contributed by atoms with Crippen LogP contribution in [0.25, 0.3) is 0 Å². The van der Waals surface area contributed by atoms with Gasteiger partial charge in [0.2, 0.25) is 0 Å². The Hall–Kier alpha value is -1.00. The van der Waals surface area contributed by atoms with Crippen molar-refractivity contribution in [2.45, 2.75) is 36.7 Å². The molecular weight excluding hydrogens is 260 g/mol. The molecule has 0 aliphatic carbocycles. The van der Waals surface area contributed by atoms with Crippen molar-refractivity contribution < 1.29 is 14.6 Å². The highest BCUT2D eigenvalue weighted by molar-refractivity contribution is 7.99. The van der Waals surface area contributed by atoms with Gasteiger partial charge in [-0.15, -0.1) is 0 Å². The molecule has 1 aromatic carbocycles. The molecular formula is C15H20O3S. The highest BCUT2D eigenvalue weighted by Crippen LogP contribution is 2.26. The van der Waals surface area contributed by atoms with E-state index in [2.05, 4.69) is 0 Å². The number of thioether (sulfide) groups is 1. The summed E-state index contributed by atoms with van der Waals surface area (Å²) in [7, 11) is 0. The number of aliphatic carboxylic acids is 1. The molecule has 1 heterocycles. The van der Waals surface area contributed by atoms with Gasteiger partial charge in [-0.05, 0) is 30.9 Å². The van der Waals surface area contributed by atoms with Crippen LogP contribution in [-0.2, 0) is 15.3 Å². The van der Waals surface area contributed by atoms with Crippen molar-refractivity contribution in [2.75, 3.05) is 13.2 Å². The molecule has 0 amide bonds. The lowest BCUT2D eigenvalue weighted by Crippen LogP contribution is -2.17. The molecule has 1 unspecified atom stereocenters. The third-order valence-corrected chi connectivity index (χ3v) is 4.95. The van der Waals surface area contributed by atoms with Crippen molar-refractivity contribution in [3.8, 4) is 0 Å². The molecule has 2 rings (SSSR count). The van der Waals surface area contributed by atoms with Crippen LogP contribution in [0.4, 0.5) is 0 Å². The normalized spacial score (nSPS) is 18.2. The van der Waals surface area contributed by atoms with Gasteiger partial charge in [-0.2, -0.15) is 11.8 Å². The largest absolute Gasteiger partial charge is 0.481 e. The fraction of sp³-hybridized carbons (Fsp3) is 0.533. The highest BCUT2D eigenvalue weighted by atomic mass is 32.2. The van der Waals surface area contributed by atoms with Crippen LogP contribution < -0.4 is 0 Å². The van der Waals surface area contributed by atoms with Crippen molar-refractivity contribution in [1.29, 1.82) is 0 Å². The molecule has 1 aliphatic rings. The second-order valence-corrected chi connectivity index (χ2v) is 6.21. The maximum absolute atomic E-state index is 10.9. The third-order valence-electron chi connectivity index (χ3n) is 3.50. The van der Waals surface area contributed by atoms with E-state index >= 15 is 0 Å². The van der Waals surface area contributed by atoms with Crippen molar-refractivity contribution in [1.82, 2.24) is 0 Å². The molecule has 0 saturated carbocycles. The SMILES string of the molecule is CC(C(=O)O)c1ccc(CSC2CCOCC2)cc1. The topological polar surface area (TPSA) is 46.5 Å². The van der Waals surface area contributed by atoms with E-state index in [9.17, 15) is 4.79 Å². The Morgan fingerprint density at radius 1 is 1.37 bits per heavy atom. The van der Waals surface area contributed by atoms with Crippen LogP contribution >= 0.6 is 11.8 Å². The van der Waals surface area contributed by atoms with Gasteiger partial charge in [0, 0.05) is 24.2 Å². The first-order chi connectivity index (χ1) is 9.16. The smallest absolute Gasteiger partial charge is 0.310 e. The molecule has 0 aromatic heterocycles. The minimum atomic E-state index is -0.774. The van der Waals surface area contributed by atoms with E-state index in [-0.39, 0.29) is 0 Å². The van der Waals surface area contributed by atoms with Crippen molar-refractivity contribution >= 4 is 17.7 Å². The first-order valence-corrected chi connectivity index (χ1v) is 7.72. The summed E-state index contributed by atoms with van der Waals surface area (Å²) in [5, 5.41) is 9.66. The summed E-state index contributed by atoms with van der Waals surface area (Å²) in [6.07, 6.45) is 2.28. The Labute approximate surface area is 118 Å². The highest BCUT2D eigenvalue weighted by Gasteiger charge is 2.15. The molecule has 1 N–H and O–H groups in total. The Balaban J connectivity index is 1.86. The van der Waals surface area contributed by atoms with E-state index in [1.807, 2.05) is 36.0 Å². The molecule has 0 radical (unpaired) electrons. The number of rotatable bonds is 5. The summed E-state index contributed by atoms with van der Waals surface area (Å²) in [5.41, 5.74) is 2.13. The molecule has 1 saturated heterocycles. The molecule has 1 aromatic rings. The number of carbonyl (C=O) groups is 1. The monoisotopic (exact) mass is 280 g/mol. The lowest BCUT2D eigenvalue weighted by atomic mass is 10.0. The van der Waals surface area contributed by atoms with Gasteiger partial charge in [-0.3, -0.25) is 4.79 Å². The number of carboxylic acid groups (broad SMARTS) is 1. The molecule has 0 spiro atoms. The first kappa shape index (κ1) is 14.4. The van der Waals surface area contributed by atoms with Crippen LogP contribution in [0, 0.1) is 0 Å². The van der Waals surface area contributed by atoms with Gasteiger partial charge in [-0.25, -0.2) is 0 Å². The quantitative estimate of drug-likeness (QED) is 0.899. The van der Waals surface area contributed by atoms with Crippen molar-refractivity contribution in [3.63, 3.8) is 0 Å². The van der Waals surface area contributed by atoms with Gasteiger partial charge in [-0.1, -0.05) is 24.3 Å². The Kier molecular flexibility index (Phi) is 5.28. The van der Waals surface area contributed by atoms with E-state index in [0.29, 0.717) is 5.25 Å². The van der Waals surface area contributed by atoms with Crippen LogP contribution in [0.1, 0.15) is 36.8 Å². The predicted octanol–water partition coefficient (Wildman–Crippen LogP) is 3.29. The van der Waals surface area contributed by atoms with E-state index in [4.69, 9.17) is 9.84 Å². The van der Waals surface area contributed by atoms with Gasteiger partial charge >= 0.3 is 5.97 Å². The zero-order valence-electron chi connectivity index (χ0n) is 11.2. The van der Waals surface area contributed by atoms with Gasteiger partial charge in [0.1, 0.15) is 0 Å². The number of hydrogen-bond acceptors (Lipinski definition) is 3. The Morgan fingerprint density at radius 2 is 2.00 bits per heavy atom. The van der Waals surface area contributed by atoms with Crippen LogP contribution in [0.2, 0.25) is 0 Å². The molecule has 104 valence electrons. The fourth-order valence-electron chi connectivity index (χ4n) is 2.10. The van der Waals surface area contributed by atoms with Gasteiger partial charge < -0.3 is 9.84 Å². The van der Waals surface area contributed by atoms with Crippen molar-refractivity contribution in [2.24, 2.45) is 0 Å². The first-order valence-electron chi connectivity index (χ1n) is 6.68. The van der Waals surface area contributed by atoms with Crippen molar-refractivity contribution in [3.05, 3.63) is 35.4 Å². The zero-order valence-corrected chi connectivity index (χ0v) is 12.0. The van der Waals surface area contributed by atoms with Crippen LogP contribution in [0.15, 0.2) is 24.3 Å². The molecule has 4 heteroatoms. The fourth-order valence-corrected chi connectivity index (χ4v) is 3.25. The average Bonchev–Trinajstić information content (AvgIpc) is 2.46. The summed E-state index contributed by atoms with van der Waals surface area (Å²) < 4.78 is 5.35. The average molecular weight is 280 g/mol. The molecule has 0 bridgehead atoms. The van der Waals surface area contributed by atoms with Crippen LogP contribution in [0.3, 0.4) is 0 Å². The Bertz CT molecular complexity index is 410. The molecule has 1 aliphatic heterocycles. The number of hydrogen-bond donors (Lipinski definition) is 1. The minimum absolute atomic E-state index is 0.433. The second-order valence-electron chi connectivity index (χ2n) is 4.92. The molecule has 19 heavy (non-hydrogen) atoms. The standard InChI is InChI=1S/C15H20O3S/c1-11(15(16)17)13-4-2-12(3-5-13)10-19-14-6-8-18-9-7-14/h2-5,11,14H,6-10H2,1H3,(H,16,17). The number of ether oxygens (including phenoxy) is 1. The van der Waals surface area contributed by atoms with E-state index in [1.54, 1.807) is 6.92 Å². The summed E-state index contributed by atoms with van der Waals surface area (Å²) in [5.74, 6) is -0.214. The zero-order chi connectivity index (χ0) is 13.7. The summed E-state index contributed by atoms with van der Waals surface area (Å²) in [4.78, 5) is 10.9. The number of benzene rings is 1. The maximum atomic E-state index is 10.9. The van der Waals surface area contributed by atoms with Gasteiger partial charge in [0.15, 0.2) is 0 Å². The summed E-state index contributed by atoms with van der Waals surface area (Å²) >= 11 is 1.97. The van der Waals surface area contributed by atoms with Gasteiger partial charge in [0.05, 0.1) is 5.92 Å². The minimum Gasteiger partial charge on any atom is -0.481 e. The second kappa shape index (κ2) is 6.96. The number of carboxylic acids is 1. The maximum Gasteiger partial charge on any atom is 0.310 e. The third kappa shape index (κ3) is 4.25. The van der Waals surface area contributed by atoms with E-state index in [0.717, 1.165) is 37.4 Å². The van der Waals surface area contributed by atoms with E-state index in [1.165, 1.54) is 5.56 Å². The molecule has 1 atom stereocenters. The summed E-state index contributed by atoms with van der Waals surface area (Å²) in [6, 6.07) is 7.94. The van der Waals surface area contributed by atoms with Crippen LogP contribution in [0.5, 0.6) is 0 Å². The molecule has 3 nitrogen and oxygen atoms in total.